The lowest BCUT2D eigenvalue weighted by Crippen LogP contribution is -2.28. The topological polar surface area (TPSA) is 81.4 Å². The van der Waals surface area contributed by atoms with Gasteiger partial charge in [0, 0.05) is 11.3 Å². The van der Waals surface area contributed by atoms with E-state index in [0.29, 0.717) is 17.2 Å². The van der Waals surface area contributed by atoms with Gasteiger partial charge in [0.1, 0.15) is 23.0 Å². The number of aromatic carboxylic acids is 1. The van der Waals surface area contributed by atoms with Crippen molar-refractivity contribution in [2.24, 2.45) is 0 Å². The predicted molar refractivity (Wildman–Crippen MR) is 116 cm³/mol. The summed E-state index contributed by atoms with van der Waals surface area (Å²) < 4.78 is 7.37. The average molecular weight is 415 g/mol. The molecule has 2 heterocycles. The SMILES string of the molecule is CC(C)c1nc2scc(C(=O)O)c2c(=O)n1CCOc1ccc(C(C)(C)C)cc1. The fraction of sp³-hybridized carbons (Fsp3) is 0.409. The van der Waals surface area contributed by atoms with Crippen molar-refractivity contribution >= 4 is 27.5 Å². The number of thiophene rings is 1. The van der Waals surface area contributed by atoms with Gasteiger partial charge in [0.05, 0.1) is 17.5 Å². The number of rotatable bonds is 6. The van der Waals surface area contributed by atoms with Gasteiger partial charge >= 0.3 is 5.97 Å². The molecule has 0 saturated carbocycles. The Balaban J connectivity index is 1.86. The highest BCUT2D eigenvalue weighted by Crippen LogP contribution is 2.25. The summed E-state index contributed by atoms with van der Waals surface area (Å²) >= 11 is 1.18. The number of hydrogen-bond acceptors (Lipinski definition) is 5. The molecule has 1 aromatic carbocycles. The van der Waals surface area contributed by atoms with Crippen LogP contribution < -0.4 is 10.3 Å². The number of hydrogen-bond donors (Lipinski definition) is 1. The van der Waals surface area contributed by atoms with Crippen molar-refractivity contribution in [1.82, 2.24) is 9.55 Å². The monoisotopic (exact) mass is 414 g/mol. The number of aromatic nitrogens is 2. The lowest BCUT2D eigenvalue weighted by molar-refractivity contribution is 0.0699. The van der Waals surface area contributed by atoms with Crippen LogP contribution >= 0.6 is 11.3 Å². The van der Waals surface area contributed by atoms with Crippen LogP contribution in [0.3, 0.4) is 0 Å². The van der Waals surface area contributed by atoms with Crippen LogP contribution in [0.25, 0.3) is 10.2 Å². The highest BCUT2D eigenvalue weighted by molar-refractivity contribution is 7.17. The van der Waals surface area contributed by atoms with Gasteiger partial charge in [-0.2, -0.15) is 0 Å². The van der Waals surface area contributed by atoms with Crippen molar-refractivity contribution in [3.8, 4) is 5.75 Å². The third-order valence-corrected chi connectivity index (χ3v) is 5.65. The Labute approximate surface area is 173 Å². The van der Waals surface area contributed by atoms with Gasteiger partial charge in [-0.3, -0.25) is 9.36 Å². The molecule has 7 heteroatoms. The minimum atomic E-state index is -1.12. The average Bonchev–Trinajstić information content (AvgIpc) is 3.07. The second kappa shape index (κ2) is 7.99. The Kier molecular flexibility index (Phi) is 5.80. The summed E-state index contributed by atoms with van der Waals surface area (Å²) in [5, 5.41) is 11.0. The van der Waals surface area contributed by atoms with Crippen molar-refractivity contribution in [3.05, 3.63) is 57.0 Å². The maximum absolute atomic E-state index is 13.0. The number of ether oxygens (including phenoxy) is 1. The first kappa shape index (κ1) is 21.0. The zero-order chi connectivity index (χ0) is 21.3. The van der Waals surface area contributed by atoms with Gasteiger partial charge in [-0.25, -0.2) is 9.78 Å². The fourth-order valence-electron chi connectivity index (χ4n) is 3.16. The normalized spacial score (nSPS) is 11.9. The van der Waals surface area contributed by atoms with E-state index in [9.17, 15) is 14.7 Å². The standard InChI is InChI=1S/C22H26N2O4S/c1-13(2)18-23-19-17(16(12-29-19)21(26)27)20(25)24(18)10-11-28-15-8-6-14(7-9-15)22(3,4)5/h6-9,12-13H,10-11H2,1-5H3,(H,26,27). The first-order valence-electron chi connectivity index (χ1n) is 9.58. The molecule has 154 valence electrons. The van der Waals surface area contributed by atoms with Crippen LogP contribution in [-0.2, 0) is 12.0 Å². The van der Waals surface area contributed by atoms with Crippen LogP contribution in [0.4, 0.5) is 0 Å². The number of carboxylic acids is 1. The van der Waals surface area contributed by atoms with E-state index in [4.69, 9.17) is 4.74 Å². The van der Waals surface area contributed by atoms with E-state index in [2.05, 4.69) is 25.8 Å². The second-order valence-electron chi connectivity index (χ2n) is 8.34. The molecule has 0 bridgehead atoms. The van der Waals surface area contributed by atoms with Crippen LogP contribution in [0, 0.1) is 0 Å². The Bertz CT molecular complexity index is 1090. The number of carbonyl (C=O) groups is 1. The largest absolute Gasteiger partial charge is 0.492 e. The highest BCUT2D eigenvalue weighted by atomic mass is 32.1. The maximum atomic E-state index is 13.0. The Hall–Kier alpha value is -2.67. The summed E-state index contributed by atoms with van der Waals surface area (Å²) in [6.45, 7) is 11.0. The Morgan fingerprint density at radius 1 is 1.24 bits per heavy atom. The summed E-state index contributed by atoms with van der Waals surface area (Å²) in [5.74, 6) is 0.267. The smallest absolute Gasteiger partial charge is 0.337 e. The Morgan fingerprint density at radius 3 is 2.45 bits per heavy atom. The van der Waals surface area contributed by atoms with Gasteiger partial charge in [-0.1, -0.05) is 46.8 Å². The summed E-state index contributed by atoms with van der Waals surface area (Å²) in [4.78, 5) is 29.5. The molecule has 0 fully saturated rings. The van der Waals surface area contributed by atoms with E-state index in [0.717, 1.165) is 5.75 Å². The van der Waals surface area contributed by atoms with Gasteiger partial charge in [-0.05, 0) is 23.1 Å². The van der Waals surface area contributed by atoms with E-state index in [-0.39, 0.29) is 34.4 Å². The van der Waals surface area contributed by atoms with Gasteiger partial charge in [0.2, 0.25) is 0 Å². The summed E-state index contributed by atoms with van der Waals surface area (Å²) in [6, 6.07) is 7.93. The molecule has 0 aliphatic rings. The molecule has 0 aliphatic carbocycles. The molecule has 0 amide bonds. The fourth-order valence-corrected chi connectivity index (χ4v) is 4.07. The quantitative estimate of drug-likeness (QED) is 0.635. The van der Waals surface area contributed by atoms with Crippen LogP contribution in [0.5, 0.6) is 5.75 Å². The molecule has 2 aromatic heterocycles. The highest BCUT2D eigenvalue weighted by Gasteiger charge is 2.20. The van der Waals surface area contributed by atoms with Crippen molar-refractivity contribution in [1.29, 1.82) is 0 Å². The number of benzene rings is 1. The van der Waals surface area contributed by atoms with Crippen LogP contribution in [0.15, 0.2) is 34.4 Å². The summed E-state index contributed by atoms with van der Waals surface area (Å²) in [6.07, 6.45) is 0. The molecule has 0 saturated heterocycles. The minimum Gasteiger partial charge on any atom is -0.492 e. The maximum Gasteiger partial charge on any atom is 0.337 e. The van der Waals surface area contributed by atoms with Crippen molar-refractivity contribution in [2.45, 2.75) is 52.5 Å². The molecular weight excluding hydrogens is 388 g/mol. The van der Waals surface area contributed by atoms with Crippen LogP contribution in [0.2, 0.25) is 0 Å². The third kappa shape index (κ3) is 4.34. The van der Waals surface area contributed by atoms with Crippen molar-refractivity contribution in [2.75, 3.05) is 6.61 Å². The molecular formula is C22H26N2O4S. The summed E-state index contributed by atoms with van der Waals surface area (Å²) in [7, 11) is 0. The first-order chi connectivity index (χ1) is 13.6. The summed E-state index contributed by atoms with van der Waals surface area (Å²) in [5.41, 5.74) is 0.965. The van der Waals surface area contributed by atoms with E-state index in [1.165, 1.54) is 26.8 Å². The molecule has 0 spiro atoms. The lowest BCUT2D eigenvalue weighted by atomic mass is 9.87. The van der Waals surface area contributed by atoms with Crippen LogP contribution in [0.1, 0.15) is 62.3 Å². The molecule has 1 N–H and O–H groups in total. The molecule has 29 heavy (non-hydrogen) atoms. The molecule has 0 unspecified atom stereocenters. The lowest BCUT2D eigenvalue weighted by Gasteiger charge is -2.19. The molecule has 6 nitrogen and oxygen atoms in total. The van der Waals surface area contributed by atoms with E-state index in [1.54, 1.807) is 0 Å². The number of fused-ring (bicyclic) bond motifs is 1. The second-order valence-corrected chi connectivity index (χ2v) is 9.20. The van der Waals surface area contributed by atoms with Crippen LogP contribution in [-0.4, -0.2) is 27.2 Å². The van der Waals surface area contributed by atoms with E-state index >= 15 is 0 Å². The van der Waals surface area contributed by atoms with Crippen molar-refractivity contribution in [3.63, 3.8) is 0 Å². The third-order valence-electron chi connectivity index (χ3n) is 4.77. The Morgan fingerprint density at radius 2 is 1.90 bits per heavy atom. The van der Waals surface area contributed by atoms with Crippen molar-refractivity contribution < 1.29 is 14.6 Å². The molecule has 3 rings (SSSR count). The molecule has 0 atom stereocenters. The van der Waals surface area contributed by atoms with E-state index in [1.807, 2.05) is 38.1 Å². The first-order valence-corrected chi connectivity index (χ1v) is 10.5. The van der Waals surface area contributed by atoms with Gasteiger partial charge < -0.3 is 9.84 Å². The molecule has 0 aliphatic heterocycles. The minimum absolute atomic E-state index is 0.00486. The van der Waals surface area contributed by atoms with Gasteiger partial charge in [0.25, 0.3) is 5.56 Å². The van der Waals surface area contributed by atoms with Gasteiger partial charge in [-0.15, -0.1) is 11.3 Å². The van der Waals surface area contributed by atoms with Gasteiger partial charge in [0.15, 0.2) is 0 Å². The number of nitrogens with zero attached hydrogens (tertiary/aromatic N) is 2. The predicted octanol–water partition coefficient (Wildman–Crippen LogP) is 4.66. The van der Waals surface area contributed by atoms with E-state index < -0.39 is 5.97 Å². The molecule has 0 radical (unpaired) electrons. The molecule has 3 aromatic rings. The zero-order valence-electron chi connectivity index (χ0n) is 17.4. The zero-order valence-corrected chi connectivity index (χ0v) is 18.2. The number of carboxylic acid groups (broad SMARTS) is 1.